The number of nitrogens with two attached hydrogens (primary N) is 1. The molecule has 1 aromatic carbocycles. The molecule has 30 heavy (non-hydrogen) atoms. The number of furan rings is 1. The molecule has 0 amide bonds. The van der Waals surface area contributed by atoms with Crippen LogP contribution in [0.15, 0.2) is 71.5 Å². The Balaban J connectivity index is 1.41. The fourth-order valence-electron chi connectivity index (χ4n) is 3.21. The van der Waals surface area contributed by atoms with Crippen molar-refractivity contribution in [3.05, 3.63) is 78.3 Å². The van der Waals surface area contributed by atoms with E-state index in [1.54, 1.807) is 29.3 Å². The van der Waals surface area contributed by atoms with Gasteiger partial charge in [-0.25, -0.2) is 9.67 Å². The van der Waals surface area contributed by atoms with Gasteiger partial charge in [0.15, 0.2) is 16.9 Å². The second-order valence-corrected chi connectivity index (χ2v) is 6.70. The number of hydrogen-bond acceptors (Lipinski definition) is 8. The van der Waals surface area contributed by atoms with Crippen molar-refractivity contribution in [1.82, 2.24) is 29.9 Å². The first-order valence-electron chi connectivity index (χ1n) is 9.39. The van der Waals surface area contributed by atoms with Crippen LogP contribution in [0, 0.1) is 0 Å². The summed E-state index contributed by atoms with van der Waals surface area (Å²) in [5.41, 5.74) is 10.6. The van der Waals surface area contributed by atoms with Gasteiger partial charge in [0.05, 0.1) is 25.0 Å². The van der Waals surface area contributed by atoms with Crippen LogP contribution in [0.3, 0.4) is 0 Å². The molecule has 0 bridgehead atoms. The van der Waals surface area contributed by atoms with Crippen molar-refractivity contribution in [2.45, 2.75) is 13.1 Å². The Morgan fingerprint density at radius 1 is 1.03 bits per heavy atom. The van der Waals surface area contributed by atoms with Crippen molar-refractivity contribution in [2.24, 2.45) is 0 Å². The first-order chi connectivity index (χ1) is 14.8. The van der Waals surface area contributed by atoms with Gasteiger partial charge in [-0.3, -0.25) is 4.98 Å². The van der Waals surface area contributed by atoms with Crippen LogP contribution in [0.5, 0.6) is 0 Å². The summed E-state index contributed by atoms with van der Waals surface area (Å²) in [6.45, 7) is 1.14. The topological polar surface area (TPSA) is 121 Å². The van der Waals surface area contributed by atoms with Gasteiger partial charge in [-0.15, -0.1) is 5.10 Å². The van der Waals surface area contributed by atoms with Crippen LogP contribution in [0.25, 0.3) is 22.6 Å². The first-order valence-corrected chi connectivity index (χ1v) is 9.39. The van der Waals surface area contributed by atoms with Crippen molar-refractivity contribution in [1.29, 1.82) is 0 Å². The molecule has 0 spiro atoms. The fourth-order valence-corrected chi connectivity index (χ4v) is 3.21. The van der Waals surface area contributed by atoms with E-state index in [1.165, 1.54) is 0 Å². The Morgan fingerprint density at radius 2 is 2.00 bits per heavy atom. The standard InChI is InChI=1S/C21H18N8O/c22-21-25-18(17-8-4-10-30-17)19-20(26-21)29(28-27-19)13-14-5-3-7-15(11-14)24-12-16-6-1-2-9-23-16/h1-11,24H,12-13H2,(H2,22,25,26). The number of rotatable bonds is 6. The van der Waals surface area contributed by atoms with E-state index in [9.17, 15) is 0 Å². The summed E-state index contributed by atoms with van der Waals surface area (Å²) in [6.07, 6.45) is 3.36. The maximum absolute atomic E-state index is 5.92. The number of hydrogen-bond donors (Lipinski definition) is 2. The molecule has 0 saturated heterocycles. The lowest BCUT2D eigenvalue weighted by molar-refractivity contribution is 0.580. The van der Waals surface area contributed by atoms with Crippen LogP contribution in [0.4, 0.5) is 11.6 Å². The summed E-state index contributed by atoms with van der Waals surface area (Å²) in [4.78, 5) is 12.9. The third kappa shape index (κ3) is 3.55. The predicted octanol–water partition coefficient (Wildman–Crippen LogP) is 3.12. The molecule has 0 aliphatic rings. The summed E-state index contributed by atoms with van der Waals surface area (Å²) in [7, 11) is 0. The van der Waals surface area contributed by atoms with E-state index in [4.69, 9.17) is 10.2 Å². The van der Waals surface area contributed by atoms with Gasteiger partial charge in [-0.2, -0.15) is 4.98 Å². The van der Waals surface area contributed by atoms with Gasteiger partial charge in [-0.05, 0) is 42.0 Å². The SMILES string of the molecule is Nc1nc(-c2ccco2)c2nnn(Cc3cccc(NCc4ccccn4)c3)c2n1. The zero-order chi connectivity index (χ0) is 20.3. The van der Waals surface area contributed by atoms with Crippen LogP contribution in [-0.4, -0.2) is 29.9 Å². The van der Waals surface area contributed by atoms with E-state index in [0.717, 1.165) is 16.9 Å². The Morgan fingerprint density at radius 3 is 2.83 bits per heavy atom. The highest BCUT2D eigenvalue weighted by molar-refractivity contribution is 5.85. The number of nitrogen functional groups attached to an aromatic ring is 1. The van der Waals surface area contributed by atoms with Gasteiger partial charge >= 0.3 is 0 Å². The van der Waals surface area contributed by atoms with Crippen LogP contribution in [0.2, 0.25) is 0 Å². The summed E-state index contributed by atoms with van der Waals surface area (Å²) in [6, 6.07) is 17.5. The fraction of sp³-hybridized carbons (Fsp3) is 0.0952. The van der Waals surface area contributed by atoms with Crippen molar-refractivity contribution < 1.29 is 4.42 Å². The second kappa shape index (κ2) is 7.63. The Kier molecular flexibility index (Phi) is 4.53. The van der Waals surface area contributed by atoms with Crippen molar-refractivity contribution in [3.63, 3.8) is 0 Å². The number of nitrogens with one attached hydrogen (secondary N) is 1. The minimum absolute atomic E-state index is 0.142. The third-order valence-corrected chi connectivity index (χ3v) is 4.59. The molecule has 0 fully saturated rings. The number of aromatic nitrogens is 6. The summed E-state index contributed by atoms with van der Waals surface area (Å²) in [5.74, 6) is 0.713. The maximum atomic E-state index is 5.92. The Bertz CT molecular complexity index is 1280. The van der Waals surface area contributed by atoms with Crippen molar-refractivity contribution in [3.8, 4) is 11.5 Å². The molecule has 0 aliphatic heterocycles. The highest BCUT2D eigenvalue weighted by Gasteiger charge is 2.17. The lowest BCUT2D eigenvalue weighted by Gasteiger charge is -2.08. The molecule has 0 radical (unpaired) electrons. The number of fused-ring (bicyclic) bond motifs is 1. The maximum Gasteiger partial charge on any atom is 0.222 e. The summed E-state index contributed by atoms with van der Waals surface area (Å²) >= 11 is 0. The normalized spacial score (nSPS) is 11.1. The summed E-state index contributed by atoms with van der Waals surface area (Å²) < 4.78 is 7.16. The van der Waals surface area contributed by atoms with Crippen molar-refractivity contribution >= 4 is 22.8 Å². The average molecular weight is 398 g/mol. The molecule has 9 nitrogen and oxygen atoms in total. The molecule has 0 unspecified atom stereocenters. The lowest BCUT2D eigenvalue weighted by Crippen LogP contribution is -2.06. The van der Waals surface area contributed by atoms with Gasteiger partial charge in [0.25, 0.3) is 0 Å². The summed E-state index contributed by atoms with van der Waals surface area (Å²) in [5, 5.41) is 11.9. The monoisotopic (exact) mass is 398 g/mol. The van der Waals surface area contributed by atoms with Crippen LogP contribution >= 0.6 is 0 Å². The van der Waals surface area contributed by atoms with E-state index in [0.29, 0.717) is 35.7 Å². The number of nitrogens with zero attached hydrogens (tertiary/aromatic N) is 6. The first kappa shape index (κ1) is 17.8. The van der Waals surface area contributed by atoms with Crippen LogP contribution in [-0.2, 0) is 13.1 Å². The van der Waals surface area contributed by atoms with Crippen molar-refractivity contribution in [2.75, 3.05) is 11.1 Å². The molecule has 0 atom stereocenters. The smallest absolute Gasteiger partial charge is 0.222 e. The number of pyridine rings is 1. The van der Waals surface area contributed by atoms with E-state index < -0.39 is 0 Å². The number of anilines is 2. The van der Waals surface area contributed by atoms with E-state index >= 15 is 0 Å². The Labute approximate surface area is 171 Å². The predicted molar refractivity (Wildman–Crippen MR) is 112 cm³/mol. The zero-order valence-electron chi connectivity index (χ0n) is 15.9. The molecule has 3 N–H and O–H groups in total. The minimum Gasteiger partial charge on any atom is -0.463 e. The zero-order valence-corrected chi connectivity index (χ0v) is 15.9. The average Bonchev–Trinajstić information content (AvgIpc) is 3.44. The highest BCUT2D eigenvalue weighted by Crippen LogP contribution is 2.25. The molecule has 148 valence electrons. The van der Waals surface area contributed by atoms with Gasteiger partial charge < -0.3 is 15.5 Å². The molecule has 0 saturated carbocycles. The van der Waals surface area contributed by atoms with Gasteiger partial charge in [-0.1, -0.05) is 23.4 Å². The molecule has 0 aliphatic carbocycles. The molecule has 4 heterocycles. The van der Waals surface area contributed by atoms with Crippen LogP contribution in [0.1, 0.15) is 11.3 Å². The molecular formula is C21H18N8O. The van der Waals surface area contributed by atoms with Gasteiger partial charge in [0, 0.05) is 11.9 Å². The minimum atomic E-state index is 0.142. The number of benzene rings is 1. The highest BCUT2D eigenvalue weighted by atomic mass is 16.3. The Hall–Kier alpha value is -4.27. The quantitative estimate of drug-likeness (QED) is 0.447. The molecule has 9 heteroatoms. The van der Waals surface area contributed by atoms with E-state index in [1.807, 2.05) is 36.4 Å². The molecule has 5 aromatic rings. The van der Waals surface area contributed by atoms with E-state index in [2.05, 4.69) is 36.6 Å². The van der Waals surface area contributed by atoms with Gasteiger partial charge in [0.2, 0.25) is 5.95 Å². The third-order valence-electron chi connectivity index (χ3n) is 4.59. The second-order valence-electron chi connectivity index (χ2n) is 6.70. The molecule has 5 rings (SSSR count). The lowest BCUT2D eigenvalue weighted by atomic mass is 10.2. The molecular weight excluding hydrogens is 380 g/mol. The van der Waals surface area contributed by atoms with Gasteiger partial charge in [0.1, 0.15) is 5.69 Å². The van der Waals surface area contributed by atoms with Crippen LogP contribution < -0.4 is 11.1 Å². The molecule has 4 aromatic heterocycles. The van der Waals surface area contributed by atoms with E-state index in [-0.39, 0.29) is 5.95 Å². The largest absolute Gasteiger partial charge is 0.463 e.